The highest BCUT2D eigenvalue weighted by Gasteiger charge is 2.51. The molecule has 22 heavy (non-hydrogen) atoms. The molecule has 8 heteroatoms. The van der Waals surface area contributed by atoms with Crippen molar-refractivity contribution >= 4 is 23.4 Å². The normalized spacial score (nSPS) is 21.9. The van der Waals surface area contributed by atoms with E-state index in [0.29, 0.717) is 5.46 Å². The van der Waals surface area contributed by atoms with Gasteiger partial charge in [-0.1, -0.05) is 12.1 Å². The molecule has 0 spiro atoms. The van der Waals surface area contributed by atoms with Crippen LogP contribution in [-0.2, 0) is 20.1 Å². The lowest BCUT2D eigenvalue weighted by atomic mass is 9.79. The van der Waals surface area contributed by atoms with Gasteiger partial charge in [-0.2, -0.15) is 13.2 Å². The monoisotopic (exact) mass is 334 g/mol. The summed E-state index contributed by atoms with van der Waals surface area (Å²) in [6, 6.07) is 6.11. The summed E-state index contributed by atoms with van der Waals surface area (Å²) in [5.74, 6) is -1.36. The van der Waals surface area contributed by atoms with Crippen LogP contribution in [0, 0.1) is 0 Å². The topological polar surface area (TPSA) is 35.5 Å². The van der Waals surface area contributed by atoms with Gasteiger partial charge >= 0.3 is 13.3 Å². The first-order valence-corrected chi connectivity index (χ1v) is 8.14. The number of halogens is 3. The van der Waals surface area contributed by atoms with Crippen LogP contribution in [0.4, 0.5) is 13.2 Å². The van der Waals surface area contributed by atoms with E-state index in [1.54, 1.807) is 12.1 Å². The van der Waals surface area contributed by atoms with Gasteiger partial charge in [0.05, 0.1) is 22.0 Å². The molecule has 2 rings (SSSR count). The standard InChI is InChI=1S/C14H18BF3O3S/c1-12(2)13(3,4)21-15(20-12)10-6-5-7-11(8-10)22(19)9-14(16,17)18/h5-8H,9H2,1-4H3. The van der Waals surface area contributed by atoms with E-state index in [1.165, 1.54) is 12.1 Å². The Balaban J connectivity index is 2.22. The predicted molar refractivity (Wildman–Crippen MR) is 79.5 cm³/mol. The molecule has 1 heterocycles. The third kappa shape index (κ3) is 3.72. The molecule has 3 nitrogen and oxygen atoms in total. The van der Waals surface area contributed by atoms with Crippen LogP contribution in [0.3, 0.4) is 0 Å². The minimum atomic E-state index is -4.47. The van der Waals surface area contributed by atoms with Gasteiger partial charge in [0, 0.05) is 4.90 Å². The molecule has 0 bridgehead atoms. The molecule has 1 fully saturated rings. The molecule has 122 valence electrons. The Labute approximate surface area is 130 Å². The van der Waals surface area contributed by atoms with E-state index in [0.717, 1.165) is 0 Å². The van der Waals surface area contributed by atoms with Gasteiger partial charge in [0.25, 0.3) is 0 Å². The molecule has 0 amide bonds. The van der Waals surface area contributed by atoms with E-state index in [2.05, 4.69) is 0 Å². The molecule has 1 unspecified atom stereocenters. The molecule has 0 radical (unpaired) electrons. The maximum absolute atomic E-state index is 12.4. The Kier molecular flexibility index (Phi) is 4.50. The lowest BCUT2D eigenvalue weighted by molar-refractivity contribution is -0.105. The molecule has 1 aliphatic rings. The maximum atomic E-state index is 12.4. The lowest BCUT2D eigenvalue weighted by Gasteiger charge is -2.32. The van der Waals surface area contributed by atoms with E-state index >= 15 is 0 Å². The molecule has 0 aromatic heterocycles. The van der Waals surface area contributed by atoms with E-state index in [4.69, 9.17) is 9.31 Å². The van der Waals surface area contributed by atoms with Crippen molar-refractivity contribution in [1.29, 1.82) is 0 Å². The van der Waals surface area contributed by atoms with Crippen LogP contribution in [0.5, 0.6) is 0 Å². The van der Waals surface area contributed by atoms with Crippen molar-refractivity contribution in [2.75, 3.05) is 5.75 Å². The SMILES string of the molecule is CC1(C)OB(c2cccc(S(=O)CC(F)(F)F)c2)OC1(C)C. The largest absolute Gasteiger partial charge is 0.494 e. The van der Waals surface area contributed by atoms with Gasteiger partial charge in [0.15, 0.2) is 0 Å². The Morgan fingerprint density at radius 1 is 1.14 bits per heavy atom. The first-order chi connectivity index (χ1) is 9.91. The molecule has 1 atom stereocenters. The molecule has 1 aliphatic heterocycles. The van der Waals surface area contributed by atoms with Gasteiger partial charge in [-0.05, 0) is 45.3 Å². The average molecular weight is 334 g/mol. The Morgan fingerprint density at radius 3 is 2.18 bits per heavy atom. The van der Waals surface area contributed by atoms with Crippen LogP contribution >= 0.6 is 0 Å². The Bertz CT molecular complexity index is 571. The second kappa shape index (κ2) is 5.65. The zero-order valence-electron chi connectivity index (χ0n) is 12.9. The Hall–Kier alpha value is -0.855. The fourth-order valence-electron chi connectivity index (χ4n) is 2.01. The fraction of sp³-hybridized carbons (Fsp3) is 0.571. The third-order valence-electron chi connectivity index (χ3n) is 3.94. The summed E-state index contributed by atoms with van der Waals surface area (Å²) in [6.07, 6.45) is -4.47. The summed E-state index contributed by atoms with van der Waals surface area (Å²) < 4.78 is 60.5. The highest BCUT2D eigenvalue weighted by Crippen LogP contribution is 2.36. The van der Waals surface area contributed by atoms with Crippen LogP contribution in [0.25, 0.3) is 0 Å². The minimum Gasteiger partial charge on any atom is -0.399 e. The fourth-order valence-corrected chi connectivity index (χ4v) is 2.98. The van der Waals surface area contributed by atoms with Crippen LogP contribution < -0.4 is 5.46 Å². The lowest BCUT2D eigenvalue weighted by Crippen LogP contribution is -2.41. The van der Waals surface area contributed by atoms with Crippen LogP contribution in [0.1, 0.15) is 27.7 Å². The van der Waals surface area contributed by atoms with Crippen LogP contribution in [-0.4, -0.2) is 34.5 Å². The van der Waals surface area contributed by atoms with E-state index in [9.17, 15) is 17.4 Å². The number of hydrogen-bond donors (Lipinski definition) is 0. The predicted octanol–water partition coefficient (Wildman–Crippen LogP) is 2.66. The summed E-state index contributed by atoms with van der Waals surface area (Å²) in [7, 11) is -2.82. The molecular weight excluding hydrogens is 316 g/mol. The second-order valence-electron chi connectivity index (χ2n) is 6.27. The zero-order chi connectivity index (χ0) is 16.8. The first-order valence-electron chi connectivity index (χ1n) is 6.82. The van der Waals surface area contributed by atoms with E-state index in [1.807, 2.05) is 27.7 Å². The highest BCUT2D eigenvalue weighted by molar-refractivity contribution is 7.85. The first kappa shape index (κ1) is 17.5. The van der Waals surface area contributed by atoms with Crippen LogP contribution in [0.15, 0.2) is 29.2 Å². The molecule has 0 aliphatic carbocycles. The smallest absolute Gasteiger partial charge is 0.399 e. The van der Waals surface area contributed by atoms with Gasteiger partial charge in [0.1, 0.15) is 5.75 Å². The van der Waals surface area contributed by atoms with Crippen molar-refractivity contribution in [2.45, 2.75) is 50.0 Å². The molecule has 1 aromatic carbocycles. The minimum absolute atomic E-state index is 0.115. The van der Waals surface area contributed by atoms with Crippen molar-refractivity contribution in [3.63, 3.8) is 0 Å². The Morgan fingerprint density at radius 2 is 1.68 bits per heavy atom. The highest BCUT2D eigenvalue weighted by atomic mass is 32.2. The van der Waals surface area contributed by atoms with Crippen LogP contribution in [0.2, 0.25) is 0 Å². The second-order valence-corrected chi connectivity index (χ2v) is 7.72. The van der Waals surface area contributed by atoms with Gasteiger partial charge < -0.3 is 9.31 Å². The number of rotatable bonds is 3. The van der Waals surface area contributed by atoms with E-state index in [-0.39, 0.29) is 4.90 Å². The molecule has 1 saturated heterocycles. The van der Waals surface area contributed by atoms with Crippen molar-refractivity contribution in [1.82, 2.24) is 0 Å². The molecule has 1 aromatic rings. The summed E-state index contributed by atoms with van der Waals surface area (Å²) in [5.41, 5.74) is -0.524. The van der Waals surface area contributed by atoms with Crippen molar-refractivity contribution in [3.05, 3.63) is 24.3 Å². The van der Waals surface area contributed by atoms with Crippen molar-refractivity contribution < 1.29 is 26.7 Å². The van der Waals surface area contributed by atoms with Crippen molar-refractivity contribution in [3.8, 4) is 0 Å². The summed E-state index contributed by atoms with van der Waals surface area (Å²) in [6.45, 7) is 7.55. The average Bonchev–Trinajstić information content (AvgIpc) is 2.57. The number of benzene rings is 1. The van der Waals surface area contributed by atoms with Gasteiger partial charge in [-0.3, -0.25) is 4.21 Å². The van der Waals surface area contributed by atoms with E-state index < -0.39 is 41.0 Å². The summed E-state index contributed by atoms with van der Waals surface area (Å²) in [5, 5.41) is 0. The van der Waals surface area contributed by atoms with Gasteiger partial charge in [-0.15, -0.1) is 0 Å². The third-order valence-corrected chi connectivity index (χ3v) is 5.31. The quantitative estimate of drug-likeness (QED) is 0.798. The van der Waals surface area contributed by atoms with Crippen molar-refractivity contribution in [2.24, 2.45) is 0 Å². The number of alkyl halides is 3. The molecule has 0 N–H and O–H groups in total. The van der Waals surface area contributed by atoms with Gasteiger partial charge in [0.2, 0.25) is 0 Å². The van der Waals surface area contributed by atoms with Gasteiger partial charge in [-0.25, -0.2) is 0 Å². The summed E-state index contributed by atoms with van der Waals surface area (Å²) in [4.78, 5) is 0.115. The molecule has 0 saturated carbocycles. The zero-order valence-corrected chi connectivity index (χ0v) is 13.7. The molecular formula is C14H18BF3O3S. The number of hydrogen-bond acceptors (Lipinski definition) is 3. The summed E-state index contributed by atoms with van der Waals surface area (Å²) >= 11 is 0. The maximum Gasteiger partial charge on any atom is 0.494 e.